The van der Waals surface area contributed by atoms with Crippen LogP contribution in [-0.4, -0.2) is 18.1 Å². The van der Waals surface area contributed by atoms with E-state index in [0.717, 1.165) is 0 Å². The highest BCUT2D eigenvalue weighted by Crippen LogP contribution is 2.28. The fourth-order valence-electron chi connectivity index (χ4n) is 1.46. The molecule has 0 radical (unpaired) electrons. The van der Waals surface area contributed by atoms with Crippen molar-refractivity contribution in [1.82, 2.24) is 0 Å². The molecule has 0 aromatic heterocycles. The van der Waals surface area contributed by atoms with E-state index >= 15 is 0 Å². The van der Waals surface area contributed by atoms with Crippen LogP contribution in [0.15, 0.2) is 18.2 Å². The van der Waals surface area contributed by atoms with Crippen molar-refractivity contribution in [2.75, 3.05) is 5.32 Å². The summed E-state index contributed by atoms with van der Waals surface area (Å²) >= 11 is 6.09. The minimum absolute atomic E-state index is 0. The van der Waals surface area contributed by atoms with E-state index in [2.05, 4.69) is 5.32 Å². The zero-order chi connectivity index (χ0) is 14.6. The van der Waals surface area contributed by atoms with Gasteiger partial charge in [0, 0.05) is 5.69 Å². The van der Waals surface area contributed by atoms with Crippen LogP contribution in [0.5, 0.6) is 5.75 Å². The first kappa shape index (κ1) is 19.0. The van der Waals surface area contributed by atoms with Crippen molar-refractivity contribution in [2.45, 2.75) is 39.8 Å². The molecule has 1 rings (SSSR count). The Morgan fingerprint density at radius 3 is 2.35 bits per heavy atom. The van der Waals surface area contributed by atoms with Gasteiger partial charge in [-0.25, -0.2) is 0 Å². The Balaban J connectivity index is 0.00000361. The number of nitrogens with two attached hydrogens (primary N) is 1. The van der Waals surface area contributed by atoms with Gasteiger partial charge < -0.3 is 15.8 Å². The lowest BCUT2D eigenvalue weighted by atomic mass is 10.0. The lowest BCUT2D eigenvalue weighted by molar-refractivity contribution is -0.118. The largest absolute Gasteiger partial charge is 0.489 e. The third kappa shape index (κ3) is 5.57. The monoisotopic (exact) mass is 320 g/mol. The van der Waals surface area contributed by atoms with Gasteiger partial charge in [-0.3, -0.25) is 4.79 Å². The van der Waals surface area contributed by atoms with Crippen LogP contribution in [0.2, 0.25) is 5.02 Å². The van der Waals surface area contributed by atoms with Crippen LogP contribution in [0.4, 0.5) is 5.69 Å². The topological polar surface area (TPSA) is 64.3 Å². The zero-order valence-corrected chi connectivity index (χ0v) is 13.7. The van der Waals surface area contributed by atoms with E-state index in [-0.39, 0.29) is 30.3 Å². The third-order valence-corrected chi connectivity index (χ3v) is 2.88. The van der Waals surface area contributed by atoms with E-state index < -0.39 is 6.04 Å². The number of rotatable bonds is 5. The lowest BCUT2D eigenvalue weighted by Gasteiger charge is -2.16. The summed E-state index contributed by atoms with van der Waals surface area (Å²) in [6, 6.07) is 4.60. The first-order valence-electron chi connectivity index (χ1n) is 6.34. The van der Waals surface area contributed by atoms with Gasteiger partial charge in [0.05, 0.1) is 17.2 Å². The molecule has 0 saturated heterocycles. The van der Waals surface area contributed by atoms with Gasteiger partial charge >= 0.3 is 0 Å². The maximum absolute atomic E-state index is 11.8. The maximum Gasteiger partial charge on any atom is 0.241 e. The van der Waals surface area contributed by atoms with Crippen molar-refractivity contribution < 1.29 is 9.53 Å². The number of hydrogen-bond donors (Lipinski definition) is 2. The Hall–Kier alpha value is -0.970. The molecule has 0 aliphatic rings. The van der Waals surface area contributed by atoms with Crippen molar-refractivity contribution in [1.29, 1.82) is 0 Å². The summed E-state index contributed by atoms with van der Waals surface area (Å²) in [4.78, 5) is 11.8. The zero-order valence-electron chi connectivity index (χ0n) is 12.1. The van der Waals surface area contributed by atoms with Crippen LogP contribution in [0, 0.1) is 5.92 Å². The van der Waals surface area contributed by atoms with Crippen molar-refractivity contribution in [3.05, 3.63) is 23.2 Å². The number of halogens is 2. The number of nitrogens with one attached hydrogen (secondary N) is 1. The molecular weight excluding hydrogens is 299 g/mol. The molecule has 6 heteroatoms. The standard InChI is InChI=1S/C14H21ClN2O2.ClH/c1-8(2)13(16)14(18)17-10-5-6-12(11(15)7-10)19-9(3)4;/h5-9,13H,16H2,1-4H3,(H,17,18);1H/t13-;/m1./s1. The molecular formula is C14H22Cl2N2O2. The van der Waals surface area contributed by atoms with Crippen LogP contribution >= 0.6 is 24.0 Å². The van der Waals surface area contributed by atoms with Gasteiger partial charge in [-0.2, -0.15) is 0 Å². The number of anilines is 1. The summed E-state index contributed by atoms with van der Waals surface area (Å²) in [7, 11) is 0. The first-order chi connectivity index (χ1) is 8.81. The van der Waals surface area contributed by atoms with Crippen molar-refractivity contribution in [3.8, 4) is 5.75 Å². The lowest BCUT2D eigenvalue weighted by Crippen LogP contribution is -2.39. The second kappa shape index (κ2) is 8.35. The Kier molecular flexibility index (Phi) is 7.94. The minimum Gasteiger partial charge on any atom is -0.489 e. The number of hydrogen-bond acceptors (Lipinski definition) is 3. The molecule has 0 saturated carbocycles. The summed E-state index contributed by atoms with van der Waals surface area (Å²) in [6.07, 6.45) is 0.0484. The van der Waals surface area contributed by atoms with Crippen LogP contribution in [0.3, 0.4) is 0 Å². The summed E-state index contributed by atoms with van der Waals surface area (Å²) < 4.78 is 5.52. The maximum atomic E-state index is 11.8. The van der Waals surface area contributed by atoms with Crippen molar-refractivity contribution in [3.63, 3.8) is 0 Å². The molecule has 0 fully saturated rings. The molecule has 0 unspecified atom stereocenters. The van der Waals surface area contributed by atoms with E-state index in [1.54, 1.807) is 18.2 Å². The molecule has 114 valence electrons. The molecule has 1 atom stereocenters. The van der Waals surface area contributed by atoms with E-state index in [1.165, 1.54) is 0 Å². The average molecular weight is 321 g/mol. The molecule has 1 amide bonds. The van der Waals surface area contributed by atoms with Crippen LogP contribution in [0.25, 0.3) is 0 Å². The fourth-order valence-corrected chi connectivity index (χ4v) is 1.68. The Morgan fingerprint density at radius 2 is 1.90 bits per heavy atom. The number of carbonyl (C=O) groups excluding carboxylic acids is 1. The smallest absolute Gasteiger partial charge is 0.241 e. The first-order valence-corrected chi connectivity index (χ1v) is 6.71. The highest BCUT2D eigenvalue weighted by molar-refractivity contribution is 6.32. The average Bonchev–Trinajstić information content (AvgIpc) is 2.31. The number of amides is 1. The van der Waals surface area contributed by atoms with Crippen LogP contribution in [-0.2, 0) is 4.79 Å². The predicted molar refractivity (Wildman–Crippen MR) is 85.9 cm³/mol. The molecule has 3 N–H and O–H groups in total. The second-order valence-electron chi connectivity index (χ2n) is 5.07. The van der Waals surface area contributed by atoms with Crippen LogP contribution in [0.1, 0.15) is 27.7 Å². The van der Waals surface area contributed by atoms with Gasteiger partial charge in [0.25, 0.3) is 0 Å². The molecule has 0 heterocycles. The van der Waals surface area contributed by atoms with Gasteiger partial charge in [0.15, 0.2) is 0 Å². The van der Waals surface area contributed by atoms with Gasteiger partial charge in [0.1, 0.15) is 5.75 Å². The third-order valence-electron chi connectivity index (χ3n) is 2.58. The van der Waals surface area contributed by atoms with E-state index in [4.69, 9.17) is 22.1 Å². The summed E-state index contributed by atoms with van der Waals surface area (Å²) in [6.45, 7) is 7.65. The summed E-state index contributed by atoms with van der Waals surface area (Å²) in [5.41, 5.74) is 6.39. The quantitative estimate of drug-likeness (QED) is 0.873. The van der Waals surface area contributed by atoms with E-state index in [9.17, 15) is 4.79 Å². The Morgan fingerprint density at radius 1 is 1.30 bits per heavy atom. The SMILES string of the molecule is CC(C)Oc1ccc(NC(=O)[C@H](N)C(C)C)cc1Cl.Cl. The Labute approximate surface area is 131 Å². The van der Waals surface area contributed by atoms with Crippen molar-refractivity contribution >= 4 is 35.6 Å². The van der Waals surface area contributed by atoms with Crippen molar-refractivity contribution in [2.24, 2.45) is 11.7 Å². The number of benzene rings is 1. The molecule has 0 bridgehead atoms. The van der Waals surface area contributed by atoms with Gasteiger partial charge in [0.2, 0.25) is 5.91 Å². The van der Waals surface area contributed by atoms with Gasteiger partial charge in [-0.1, -0.05) is 25.4 Å². The van der Waals surface area contributed by atoms with E-state index in [0.29, 0.717) is 16.5 Å². The predicted octanol–water partition coefficient (Wildman–Crippen LogP) is 3.47. The summed E-state index contributed by atoms with van der Waals surface area (Å²) in [5.74, 6) is 0.463. The van der Waals surface area contributed by atoms with Gasteiger partial charge in [-0.15, -0.1) is 12.4 Å². The number of ether oxygens (including phenoxy) is 1. The highest BCUT2D eigenvalue weighted by Gasteiger charge is 2.17. The normalized spacial score (nSPS) is 12.0. The second-order valence-corrected chi connectivity index (χ2v) is 5.48. The molecule has 1 aromatic carbocycles. The van der Waals surface area contributed by atoms with Crippen LogP contribution < -0.4 is 15.8 Å². The summed E-state index contributed by atoms with van der Waals surface area (Å²) in [5, 5.41) is 3.20. The fraction of sp³-hybridized carbons (Fsp3) is 0.500. The Bertz CT molecular complexity index is 451. The highest BCUT2D eigenvalue weighted by atomic mass is 35.5. The molecule has 0 aliphatic heterocycles. The molecule has 4 nitrogen and oxygen atoms in total. The minimum atomic E-state index is -0.537. The van der Waals surface area contributed by atoms with Gasteiger partial charge in [-0.05, 0) is 38.0 Å². The number of carbonyl (C=O) groups is 1. The van der Waals surface area contributed by atoms with E-state index in [1.807, 2.05) is 27.7 Å². The molecule has 0 aliphatic carbocycles. The molecule has 0 spiro atoms. The molecule has 20 heavy (non-hydrogen) atoms. The molecule has 1 aromatic rings.